The summed E-state index contributed by atoms with van der Waals surface area (Å²) in [6, 6.07) is 19.5. The van der Waals surface area contributed by atoms with Crippen LogP contribution in [0, 0.1) is 25.7 Å². The number of aliphatic imine (C=N–C) groups is 1. The van der Waals surface area contributed by atoms with Crippen molar-refractivity contribution in [1.82, 2.24) is 4.90 Å². The lowest BCUT2D eigenvalue weighted by atomic mass is 9.84. The van der Waals surface area contributed by atoms with Crippen molar-refractivity contribution in [3.63, 3.8) is 0 Å². The minimum Gasteiger partial charge on any atom is -0.497 e. The van der Waals surface area contributed by atoms with Crippen molar-refractivity contribution in [3.8, 4) is 11.5 Å². The van der Waals surface area contributed by atoms with Gasteiger partial charge in [-0.1, -0.05) is 36.4 Å². The van der Waals surface area contributed by atoms with Crippen LogP contribution in [0.25, 0.3) is 0 Å². The van der Waals surface area contributed by atoms with E-state index in [9.17, 15) is 9.59 Å². The molecule has 1 fully saturated rings. The average molecular weight is 634 g/mol. The Bertz CT molecular complexity index is 1620. The molecular formula is C40H47N3O4. The highest BCUT2D eigenvalue weighted by Gasteiger charge is 2.31. The third-order valence-corrected chi connectivity index (χ3v) is 9.98. The SMILES string of the molecule is COc1ccc2c(c1)CCC(CC1CCN(C3=CCCC=NC(C(=O)c4cc(C)c(OCc5ccccc5)c(C)c4)C3)CC1)C(=O)N2. The number of nitrogens with one attached hydrogen (secondary N) is 1. The van der Waals surface area contributed by atoms with Gasteiger partial charge in [0.25, 0.3) is 0 Å². The first kappa shape index (κ1) is 32.5. The highest BCUT2D eigenvalue weighted by Crippen LogP contribution is 2.34. The van der Waals surface area contributed by atoms with E-state index in [2.05, 4.69) is 28.4 Å². The van der Waals surface area contributed by atoms with Crippen molar-refractivity contribution in [2.24, 2.45) is 16.8 Å². The fourth-order valence-corrected chi connectivity index (χ4v) is 7.33. The number of hydrogen-bond acceptors (Lipinski definition) is 6. The van der Waals surface area contributed by atoms with E-state index < -0.39 is 6.04 Å². The zero-order valence-electron chi connectivity index (χ0n) is 28.0. The van der Waals surface area contributed by atoms with E-state index in [0.717, 1.165) is 97.5 Å². The zero-order valence-corrected chi connectivity index (χ0v) is 28.0. The van der Waals surface area contributed by atoms with Crippen molar-refractivity contribution in [2.45, 2.75) is 77.9 Å². The topological polar surface area (TPSA) is 80.2 Å². The van der Waals surface area contributed by atoms with Gasteiger partial charge in [-0.15, -0.1) is 0 Å². The first-order chi connectivity index (χ1) is 22.9. The molecule has 0 bridgehead atoms. The molecule has 246 valence electrons. The van der Waals surface area contributed by atoms with Gasteiger partial charge in [-0.25, -0.2) is 0 Å². The Hall–Kier alpha value is -4.39. The summed E-state index contributed by atoms with van der Waals surface area (Å²) in [5, 5.41) is 3.17. The van der Waals surface area contributed by atoms with Crippen LogP contribution in [0.4, 0.5) is 5.69 Å². The molecule has 1 N–H and O–H groups in total. The maximum absolute atomic E-state index is 13.9. The lowest BCUT2D eigenvalue weighted by Crippen LogP contribution is -2.36. The Morgan fingerprint density at radius 3 is 2.49 bits per heavy atom. The van der Waals surface area contributed by atoms with Crippen LogP contribution in [0.15, 0.2) is 77.4 Å². The number of ether oxygens (including phenoxy) is 2. The van der Waals surface area contributed by atoms with Crippen molar-refractivity contribution >= 4 is 23.6 Å². The summed E-state index contributed by atoms with van der Waals surface area (Å²) >= 11 is 0. The second kappa shape index (κ2) is 15.0. The molecule has 0 spiro atoms. The van der Waals surface area contributed by atoms with E-state index in [1.54, 1.807) is 7.11 Å². The molecule has 0 aromatic heterocycles. The molecule has 0 saturated carbocycles. The minimum absolute atomic E-state index is 0.0175. The average Bonchev–Trinajstić information content (AvgIpc) is 3.22. The highest BCUT2D eigenvalue weighted by molar-refractivity contribution is 6.01. The summed E-state index contributed by atoms with van der Waals surface area (Å²) in [7, 11) is 1.67. The van der Waals surface area contributed by atoms with E-state index >= 15 is 0 Å². The second-order valence-electron chi connectivity index (χ2n) is 13.3. The molecule has 3 aliphatic heterocycles. The van der Waals surface area contributed by atoms with Crippen LogP contribution in [-0.4, -0.2) is 49.0 Å². The molecule has 47 heavy (non-hydrogen) atoms. The number of amides is 1. The van der Waals surface area contributed by atoms with E-state index in [0.29, 0.717) is 24.5 Å². The molecule has 3 aromatic carbocycles. The normalized spacial score (nSPS) is 20.3. The molecule has 0 radical (unpaired) electrons. The molecule has 6 rings (SSSR count). The number of benzene rings is 3. The molecule has 7 nitrogen and oxygen atoms in total. The van der Waals surface area contributed by atoms with Gasteiger partial charge in [0.15, 0.2) is 5.78 Å². The van der Waals surface area contributed by atoms with Gasteiger partial charge < -0.3 is 19.7 Å². The lowest BCUT2D eigenvalue weighted by molar-refractivity contribution is -0.120. The van der Waals surface area contributed by atoms with Crippen molar-refractivity contribution < 1.29 is 19.1 Å². The monoisotopic (exact) mass is 633 g/mol. The number of ketones is 1. The molecule has 1 amide bonds. The number of aryl methyl sites for hydroxylation is 3. The number of methoxy groups -OCH3 is 1. The third-order valence-electron chi connectivity index (χ3n) is 9.98. The first-order valence-electron chi connectivity index (χ1n) is 17.1. The minimum atomic E-state index is -0.441. The summed E-state index contributed by atoms with van der Waals surface area (Å²) in [6.45, 7) is 6.40. The highest BCUT2D eigenvalue weighted by atomic mass is 16.5. The molecule has 2 unspecified atom stereocenters. The van der Waals surface area contributed by atoms with E-state index in [4.69, 9.17) is 14.5 Å². The van der Waals surface area contributed by atoms with Crippen LogP contribution in [0.2, 0.25) is 0 Å². The Morgan fingerprint density at radius 1 is 0.979 bits per heavy atom. The number of Topliss-reactive ketones (excluding diaryl/α,β-unsaturated/α-hetero) is 1. The number of likely N-dealkylation sites (tertiary alicyclic amines) is 1. The fraction of sp³-hybridized carbons (Fsp3) is 0.425. The van der Waals surface area contributed by atoms with Gasteiger partial charge in [0.2, 0.25) is 5.91 Å². The largest absolute Gasteiger partial charge is 0.497 e. The van der Waals surface area contributed by atoms with Gasteiger partial charge in [-0.2, -0.15) is 0 Å². The Morgan fingerprint density at radius 2 is 1.74 bits per heavy atom. The molecule has 0 aliphatic carbocycles. The predicted molar refractivity (Wildman–Crippen MR) is 188 cm³/mol. The Kier molecular flexibility index (Phi) is 10.4. The molecule has 2 atom stereocenters. The first-order valence-corrected chi connectivity index (χ1v) is 17.1. The van der Waals surface area contributed by atoms with E-state index in [-0.39, 0.29) is 17.6 Å². The number of hydrogen-bond donors (Lipinski definition) is 1. The zero-order chi connectivity index (χ0) is 32.8. The van der Waals surface area contributed by atoms with Crippen LogP contribution in [-0.2, 0) is 17.8 Å². The maximum atomic E-state index is 13.9. The number of fused-ring (bicyclic) bond motifs is 1. The predicted octanol–water partition coefficient (Wildman–Crippen LogP) is 7.88. The summed E-state index contributed by atoms with van der Waals surface area (Å²) in [4.78, 5) is 34.3. The number of nitrogens with zero attached hydrogens (tertiary/aromatic N) is 2. The van der Waals surface area contributed by atoms with Crippen LogP contribution >= 0.6 is 0 Å². The number of carbonyl (C=O) groups is 2. The standard InChI is InChI=1S/C40H47N3O4/c1-27-21-33(22-28(2)39(27)47-26-30-9-5-4-6-10-30)38(44)37-25-34(11-7-8-18-41-37)43-19-16-29(17-20-43)23-32-13-12-31-24-35(46-3)14-15-36(31)42-40(32)45/h4-6,9-11,14-15,18,21-22,24,29,32,37H,7-8,12-13,16-17,19-20,23,25-26H2,1-3H3,(H,42,45). The third kappa shape index (κ3) is 7.95. The number of carbonyl (C=O) groups excluding carboxylic acids is 2. The molecule has 3 heterocycles. The molecule has 1 saturated heterocycles. The van der Waals surface area contributed by atoms with Crippen LogP contribution in [0.5, 0.6) is 11.5 Å². The maximum Gasteiger partial charge on any atom is 0.227 e. The summed E-state index contributed by atoms with van der Waals surface area (Å²) in [5.41, 5.74) is 7.01. The van der Waals surface area contributed by atoms with Gasteiger partial charge >= 0.3 is 0 Å². The van der Waals surface area contributed by atoms with Gasteiger partial charge in [-0.3, -0.25) is 14.6 Å². The number of piperidine rings is 1. The van der Waals surface area contributed by atoms with Crippen LogP contribution < -0.4 is 14.8 Å². The van der Waals surface area contributed by atoms with Gasteiger partial charge in [0.05, 0.1) is 7.11 Å². The summed E-state index contributed by atoms with van der Waals surface area (Å²) in [5.74, 6) is 2.39. The lowest BCUT2D eigenvalue weighted by Gasteiger charge is -2.37. The quantitative estimate of drug-likeness (QED) is 0.243. The molecule has 3 aromatic rings. The van der Waals surface area contributed by atoms with Gasteiger partial charge in [-0.05, 0) is 124 Å². The van der Waals surface area contributed by atoms with Crippen molar-refractivity contribution in [3.05, 3.63) is 100 Å². The fourth-order valence-electron chi connectivity index (χ4n) is 7.33. The molecule has 3 aliphatic rings. The van der Waals surface area contributed by atoms with E-state index in [1.807, 2.05) is 68.6 Å². The molecular weight excluding hydrogens is 586 g/mol. The number of allylic oxidation sites excluding steroid dienone is 1. The van der Waals surface area contributed by atoms with Crippen LogP contribution in [0.3, 0.4) is 0 Å². The Balaban J connectivity index is 1.05. The summed E-state index contributed by atoms with van der Waals surface area (Å²) in [6.07, 6.45) is 11.4. The summed E-state index contributed by atoms with van der Waals surface area (Å²) < 4.78 is 11.6. The second-order valence-corrected chi connectivity index (χ2v) is 13.3. The van der Waals surface area contributed by atoms with Crippen molar-refractivity contribution in [2.75, 3.05) is 25.5 Å². The smallest absolute Gasteiger partial charge is 0.227 e. The van der Waals surface area contributed by atoms with Crippen LogP contribution in [0.1, 0.15) is 77.6 Å². The van der Waals surface area contributed by atoms with Gasteiger partial charge in [0, 0.05) is 42.4 Å². The number of rotatable bonds is 9. The Labute approximate surface area is 279 Å². The number of anilines is 1. The van der Waals surface area contributed by atoms with E-state index in [1.165, 1.54) is 5.70 Å². The molecule has 7 heteroatoms. The van der Waals surface area contributed by atoms with Crippen molar-refractivity contribution in [1.29, 1.82) is 0 Å². The van der Waals surface area contributed by atoms with Gasteiger partial charge in [0.1, 0.15) is 24.1 Å².